The zero-order chi connectivity index (χ0) is 8.84. The molecule has 2 bridgehead atoms. The maximum absolute atomic E-state index is 11.8. The maximum atomic E-state index is 11.8. The van der Waals surface area contributed by atoms with Crippen LogP contribution in [0.4, 0.5) is 0 Å². The standard InChI is InChI=1S/C9H14N2O2/c12-9-8-5-13-4-6(10-8)3-11(9)7-1-2-7/h6-8,10H,1-5H2/t6-,8-/m0/s1. The average molecular weight is 182 g/mol. The summed E-state index contributed by atoms with van der Waals surface area (Å²) in [5.41, 5.74) is 0. The highest BCUT2D eigenvalue weighted by Gasteiger charge is 2.42. The number of hydrogen-bond acceptors (Lipinski definition) is 3. The lowest BCUT2D eigenvalue weighted by Crippen LogP contribution is -2.66. The Balaban J connectivity index is 1.78. The van der Waals surface area contributed by atoms with Crippen LogP contribution in [-0.2, 0) is 9.53 Å². The lowest BCUT2D eigenvalue weighted by molar-refractivity contribution is -0.144. The Morgan fingerprint density at radius 2 is 2.23 bits per heavy atom. The predicted octanol–water partition coefficient (Wildman–Crippen LogP) is -0.652. The van der Waals surface area contributed by atoms with Gasteiger partial charge in [-0.2, -0.15) is 0 Å². The van der Waals surface area contributed by atoms with Gasteiger partial charge >= 0.3 is 0 Å². The summed E-state index contributed by atoms with van der Waals surface area (Å²) in [6, 6.07) is 0.864. The van der Waals surface area contributed by atoms with E-state index in [9.17, 15) is 4.79 Å². The smallest absolute Gasteiger partial charge is 0.242 e. The Hall–Kier alpha value is -0.610. The second-order valence-corrected chi connectivity index (χ2v) is 4.18. The molecule has 0 spiro atoms. The van der Waals surface area contributed by atoms with Gasteiger partial charge in [-0.05, 0) is 12.8 Å². The highest BCUT2D eigenvalue weighted by Crippen LogP contribution is 2.29. The molecule has 0 aromatic rings. The van der Waals surface area contributed by atoms with E-state index in [4.69, 9.17) is 4.74 Å². The summed E-state index contributed by atoms with van der Waals surface area (Å²) in [6.45, 7) is 2.16. The number of amides is 1. The molecule has 0 radical (unpaired) electrons. The minimum Gasteiger partial charge on any atom is -0.378 e. The van der Waals surface area contributed by atoms with E-state index >= 15 is 0 Å². The van der Waals surface area contributed by atoms with Crippen LogP contribution in [0.1, 0.15) is 12.8 Å². The number of carbonyl (C=O) groups is 1. The normalized spacial score (nSPS) is 39.4. The molecule has 3 aliphatic rings. The Bertz CT molecular complexity index is 240. The van der Waals surface area contributed by atoms with Crippen molar-refractivity contribution in [1.82, 2.24) is 10.2 Å². The first-order valence-electron chi connectivity index (χ1n) is 4.99. The van der Waals surface area contributed by atoms with E-state index in [1.54, 1.807) is 0 Å². The third kappa shape index (κ3) is 1.25. The second-order valence-electron chi connectivity index (χ2n) is 4.18. The maximum Gasteiger partial charge on any atom is 0.242 e. The molecule has 4 nitrogen and oxygen atoms in total. The van der Waals surface area contributed by atoms with Crippen LogP contribution in [0.25, 0.3) is 0 Å². The fourth-order valence-corrected chi connectivity index (χ4v) is 2.20. The molecule has 1 saturated carbocycles. The molecule has 2 heterocycles. The van der Waals surface area contributed by atoms with E-state index in [0.29, 0.717) is 18.7 Å². The van der Waals surface area contributed by atoms with Gasteiger partial charge in [0.25, 0.3) is 0 Å². The monoisotopic (exact) mass is 182 g/mol. The van der Waals surface area contributed by atoms with Gasteiger partial charge in [-0.3, -0.25) is 10.1 Å². The average Bonchev–Trinajstić information content (AvgIpc) is 2.95. The summed E-state index contributed by atoms with van der Waals surface area (Å²) in [6.07, 6.45) is 2.40. The molecule has 1 aliphatic carbocycles. The molecule has 72 valence electrons. The molecule has 0 aromatic carbocycles. The van der Waals surface area contributed by atoms with Crippen molar-refractivity contribution in [2.24, 2.45) is 0 Å². The molecule has 1 N–H and O–H groups in total. The van der Waals surface area contributed by atoms with E-state index < -0.39 is 0 Å². The zero-order valence-corrected chi connectivity index (χ0v) is 7.53. The number of carbonyl (C=O) groups excluding carboxylic acids is 1. The quantitative estimate of drug-likeness (QED) is 0.586. The van der Waals surface area contributed by atoms with Gasteiger partial charge < -0.3 is 9.64 Å². The van der Waals surface area contributed by atoms with Gasteiger partial charge in [0.05, 0.1) is 13.2 Å². The lowest BCUT2D eigenvalue weighted by atomic mass is 10.1. The fourth-order valence-electron chi connectivity index (χ4n) is 2.20. The topological polar surface area (TPSA) is 41.6 Å². The number of piperazine rings is 1. The van der Waals surface area contributed by atoms with Gasteiger partial charge in [0.1, 0.15) is 6.04 Å². The highest BCUT2D eigenvalue weighted by molar-refractivity contribution is 5.83. The van der Waals surface area contributed by atoms with Crippen molar-refractivity contribution >= 4 is 5.91 Å². The molecule has 13 heavy (non-hydrogen) atoms. The second kappa shape index (κ2) is 2.69. The molecule has 0 aromatic heterocycles. The zero-order valence-electron chi connectivity index (χ0n) is 7.53. The lowest BCUT2D eigenvalue weighted by Gasteiger charge is -2.41. The van der Waals surface area contributed by atoms with Gasteiger partial charge in [0.2, 0.25) is 5.91 Å². The summed E-state index contributed by atoms with van der Waals surface area (Å²) < 4.78 is 5.35. The Morgan fingerprint density at radius 1 is 1.38 bits per heavy atom. The number of nitrogens with one attached hydrogen (secondary N) is 1. The van der Waals surface area contributed by atoms with Gasteiger partial charge in [-0.1, -0.05) is 0 Å². The third-order valence-electron chi connectivity index (χ3n) is 3.03. The van der Waals surface area contributed by atoms with Crippen molar-refractivity contribution in [1.29, 1.82) is 0 Å². The van der Waals surface area contributed by atoms with E-state index in [1.165, 1.54) is 12.8 Å². The minimum atomic E-state index is -0.0619. The number of morpholine rings is 1. The molecule has 2 aliphatic heterocycles. The summed E-state index contributed by atoms with van der Waals surface area (Å²) in [7, 11) is 0. The summed E-state index contributed by atoms with van der Waals surface area (Å²) in [5, 5.41) is 3.30. The molecule has 4 heteroatoms. The van der Waals surface area contributed by atoms with Crippen LogP contribution < -0.4 is 5.32 Å². The van der Waals surface area contributed by atoms with Gasteiger partial charge in [0, 0.05) is 18.6 Å². The molecule has 2 atom stereocenters. The fraction of sp³-hybridized carbons (Fsp3) is 0.889. The number of fused-ring (bicyclic) bond motifs is 2. The van der Waals surface area contributed by atoms with E-state index in [1.807, 2.05) is 4.90 Å². The van der Waals surface area contributed by atoms with Crippen molar-refractivity contribution in [2.75, 3.05) is 19.8 Å². The van der Waals surface area contributed by atoms with Crippen LogP contribution in [-0.4, -0.2) is 48.7 Å². The molecule has 3 fully saturated rings. The van der Waals surface area contributed by atoms with Gasteiger partial charge in [-0.15, -0.1) is 0 Å². The first-order chi connectivity index (χ1) is 6.34. The van der Waals surface area contributed by atoms with Crippen LogP contribution in [0.3, 0.4) is 0 Å². The van der Waals surface area contributed by atoms with E-state index in [0.717, 1.165) is 13.2 Å². The Labute approximate surface area is 77.2 Å². The first-order valence-corrected chi connectivity index (χ1v) is 4.99. The van der Waals surface area contributed by atoms with Crippen LogP contribution in [0.2, 0.25) is 0 Å². The van der Waals surface area contributed by atoms with E-state index in [-0.39, 0.29) is 11.9 Å². The van der Waals surface area contributed by atoms with Crippen LogP contribution in [0.5, 0.6) is 0 Å². The summed E-state index contributed by atoms with van der Waals surface area (Å²) >= 11 is 0. The molecule has 0 unspecified atom stereocenters. The number of ether oxygens (including phenoxy) is 1. The van der Waals surface area contributed by atoms with Crippen molar-refractivity contribution in [3.63, 3.8) is 0 Å². The molecular formula is C9H14N2O2. The number of hydrogen-bond donors (Lipinski definition) is 1. The van der Waals surface area contributed by atoms with Gasteiger partial charge in [0.15, 0.2) is 0 Å². The van der Waals surface area contributed by atoms with Crippen molar-refractivity contribution in [2.45, 2.75) is 31.0 Å². The van der Waals surface area contributed by atoms with Crippen LogP contribution >= 0.6 is 0 Å². The predicted molar refractivity (Wildman–Crippen MR) is 46.3 cm³/mol. The first kappa shape index (κ1) is 7.76. The molecule has 3 rings (SSSR count). The molecule has 1 amide bonds. The Morgan fingerprint density at radius 3 is 3.00 bits per heavy atom. The van der Waals surface area contributed by atoms with Crippen molar-refractivity contribution in [3.05, 3.63) is 0 Å². The number of nitrogens with zero attached hydrogens (tertiary/aromatic N) is 1. The largest absolute Gasteiger partial charge is 0.378 e. The highest BCUT2D eigenvalue weighted by atomic mass is 16.5. The van der Waals surface area contributed by atoms with Gasteiger partial charge in [-0.25, -0.2) is 0 Å². The number of rotatable bonds is 1. The minimum absolute atomic E-state index is 0.0619. The summed E-state index contributed by atoms with van der Waals surface area (Å²) in [5.74, 6) is 0.249. The van der Waals surface area contributed by atoms with Crippen LogP contribution in [0.15, 0.2) is 0 Å². The Kier molecular flexibility index (Phi) is 1.60. The third-order valence-corrected chi connectivity index (χ3v) is 3.03. The van der Waals surface area contributed by atoms with Crippen molar-refractivity contribution < 1.29 is 9.53 Å². The van der Waals surface area contributed by atoms with Crippen LogP contribution in [0, 0.1) is 0 Å². The van der Waals surface area contributed by atoms with E-state index in [2.05, 4.69) is 5.32 Å². The summed E-state index contributed by atoms with van der Waals surface area (Å²) in [4.78, 5) is 13.9. The SMILES string of the molecule is O=C1[C@@H]2COC[C@H](CN1C1CC1)N2. The van der Waals surface area contributed by atoms with Crippen molar-refractivity contribution in [3.8, 4) is 0 Å². The molecule has 2 saturated heterocycles. The molecular weight excluding hydrogens is 168 g/mol.